The molecule has 0 spiro atoms. The fourth-order valence-corrected chi connectivity index (χ4v) is 1.88. The summed E-state index contributed by atoms with van der Waals surface area (Å²) >= 11 is 0. The maximum atomic E-state index is 11.1. The molecule has 5 nitrogen and oxygen atoms in total. The van der Waals surface area contributed by atoms with Gasteiger partial charge in [-0.3, -0.25) is 14.6 Å². The molecule has 0 bridgehead atoms. The summed E-state index contributed by atoms with van der Waals surface area (Å²) in [6, 6.07) is 1.89. The first-order valence-corrected chi connectivity index (χ1v) is 6.93. The smallest absolute Gasteiger partial charge is 0.293 e. The number of rotatable bonds is 2. The van der Waals surface area contributed by atoms with Crippen molar-refractivity contribution >= 4 is 17.9 Å². The van der Waals surface area contributed by atoms with E-state index >= 15 is 0 Å². The van der Waals surface area contributed by atoms with E-state index in [0.717, 1.165) is 17.9 Å². The normalized spacial score (nSPS) is 15.1. The second-order valence-corrected chi connectivity index (χ2v) is 6.74. The first-order chi connectivity index (χ1) is 9.57. The van der Waals surface area contributed by atoms with E-state index in [0.29, 0.717) is 12.0 Å². The third kappa shape index (κ3) is 4.85. The molecule has 0 saturated heterocycles. The average molecular weight is 292 g/mol. The molecule has 1 aliphatic heterocycles. The number of fused-ring (bicyclic) bond motifs is 1. The van der Waals surface area contributed by atoms with Crippen LogP contribution in [0.4, 0.5) is 5.69 Å². The van der Waals surface area contributed by atoms with E-state index < -0.39 is 0 Å². The molecule has 1 aromatic heterocycles. The molecule has 21 heavy (non-hydrogen) atoms. The number of aromatic nitrogens is 1. The fraction of sp³-hybridized carbons (Fsp3) is 0.562. The molecular weight excluding hydrogens is 268 g/mol. The topological polar surface area (TPSA) is 68.3 Å². The van der Waals surface area contributed by atoms with Crippen molar-refractivity contribution in [3.8, 4) is 0 Å². The molecule has 1 aromatic rings. The van der Waals surface area contributed by atoms with Gasteiger partial charge in [-0.2, -0.15) is 0 Å². The summed E-state index contributed by atoms with van der Waals surface area (Å²) in [4.78, 5) is 25.1. The van der Waals surface area contributed by atoms with Gasteiger partial charge in [0.25, 0.3) is 6.47 Å². The average Bonchev–Trinajstić information content (AvgIpc) is 2.64. The van der Waals surface area contributed by atoms with Gasteiger partial charge in [-0.05, 0) is 33.8 Å². The molecule has 0 atom stereocenters. The highest BCUT2D eigenvalue weighted by atomic mass is 16.5. The van der Waals surface area contributed by atoms with Crippen LogP contribution < -0.4 is 5.32 Å². The van der Waals surface area contributed by atoms with Crippen molar-refractivity contribution in [2.45, 2.75) is 52.6 Å². The Morgan fingerprint density at radius 3 is 2.48 bits per heavy atom. The predicted molar refractivity (Wildman–Crippen MR) is 82.7 cm³/mol. The minimum Gasteiger partial charge on any atom is -0.462 e. The van der Waals surface area contributed by atoms with Gasteiger partial charge in [-0.15, -0.1) is 0 Å². The predicted octanol–water partition coefficient (Wildman–Crippen LogP) is 2.95. The van der Waals surface area contributed by atoms with Crippen molar-refractivity contribution in [3.05, 3.63) is 23.5 Å². The van der Waals surface area contributed by atoms with Crippen LogP contribution in [-0.2, 0) is 14.9 Å². The van der Waals surface area contributed by atoms with Gasteiger partial charge in [0.15, 0.2) is 5.78 Å². The van der Waals surface area contributed by atoms with E-state index in [4.69, 9.17) is 0 Å². The van der Waals surface area contributed by atoms with Crippen LogP contribution in [0.2, 0.25) is 0 Å². The van der Waals surface area contributed by atoms with E-state index in [-0.39, 0.29) is 16.8 Å². The second-order valence-electron chi connectivity index (χ2n) is 6.74. The van der Waals surface area contributed by atoms with Crippen molar-refractivity contribution in [2.75, 3.05) is 11.9 Å². The number of nitrogens with zero attached hydrogens (tertiary/aromatic N) is 1. The van der Waals surface area contributed by atoms with Crippen molar-refractivity contribution in [2.24, 2.45) is 0 Å². The first-order valence-electron chi connectivity index (χ1n) is 6.93. The Hall–Kier alpha value is -1.91. The van der Waals surface area contributed by atoms with Crippen molar-refractivity contribution in [3.63, 3.8) is 0 Å². The molecule has 0 aliphatic carbocycles. The Balaban J connectivity index is 0.000000270. The van der Waals surface area contributed by atoms with Crippen LogP contribution in [0.5, 0.6) is 0 Å². The van der Waals surface area contributed by atoms with Crippen LogP contribution in [0, 0.1) is 0 Å². The van der Waals surface area contributed by atoms with Crippen LogP contribution >= 0.6 is 0 Å². The number of carbonyl (C=O) groups excluding carboxylic acids is 2. The molecule has 5 heteroatoms. The number of pyridine rings is 1. The zero-order valence-corrected chi connectivity index (χ0v) is 13.6. The third-order valence-corrected chi connectivity index (χ3v) is 3.06. The molecule has 0 amide bonds. The van der Waals surface area contributed by atoms with Gasteiger partial charge in [-0.25, -0.2) is 0 Å². The first kappa shape index (κ1) is 17.1. The molecule has 2 rings (SSSR count). The molecule has 0 fully saturated rings. The molecule has 0 aromatic carbocycles. The van der Waals surface area contributed by atoms with E-state index in [1.54, 1.807) is 13.1 Å². The molecular formula is C16H24N2O3. The quantitative estimate of drug-likeness (QED) is 0.670. The monoisotopic (exact) mass is 292 g/mol. The van der Waals surface area contributed by atoms with E-state index in [1.807, 2.05) is 26.8 Å². The third-order valence-electron chi connectivity index (χ3n) is 3.06. The highest BCUT2D eigenvalue weighted by Crippen LogP contribution is 2.34. The number of hydrogen-bond acceptors (Lipinski definition) is 5. The van der Waals surface area contributed by atoms with Gasteiger partial charge in [0.2, 0.25) is 0 Å². The maximum absolute atomic E-state index is 11.1. The summed E-state index contributed by atoms with van der Waals surface area (Å²) in [6.07, 6.45) is 1.66. The van der Waals surface area contributed by atoms with Crippen molar-refractivity contribution < 1.29 is 14.3 Å². The molecule has 0 radical (unpaired) electrons. The SMILES string of the molecule is CC(=O)c1cnc2c(c1)NCC2(C)C.CC(C)(C)OC=O. The highest BCUT2D eigenvalue weighted by Gasteiger charge is 2.31. The molecule has 0 unspecified atom stereocenters. The number of ether oxygens (including phenoxy) is 1. The Morgan fingerprint density at radius 1 is 1.43 bits per heavy atom. The lowest BCUT2D eigenvalue weighted by Crippen LogP contribution is -2.20. The van der Waals surface area contributed by atoms with E-state index in [1.165, 1.54) is 0 Å². The number of carbonyl (C=O) groups is 2. The Kier molecular flexibility index (Phi) is 5.10. The summed E-state index contributed by atoms with van der Waals surface area (Å²) in [6.45, 7) is 12.7. The Bertz CT molecular complexity index is 531. The van der Waals surface area contributed by atoms with Crippen LogP contribution in [0.15, 0.2) is 12.3 Å². The Morgan fingerprint density at radius 2 is 2.05 bits per heavy atom. The van der Waals surface area contributed by atoms with Crippen LogP contribution in [0.1, 0.15) is 57.6 Å². The lowest BCUT2D eigenvalue weighted by Gasteiger charge is -2.15. The molecule has 1 aliphatic rings. The number of ketones is 1. The lowest BCUT2D eigenvalue weighted by molar-refractivity contribution is -0.138. The minimum absolute atomic E-state index is 0.0619. The van der Waals surface area contributed by atoms with Crippen LogP contribution in [0.3, 0.4) is 0 Å². The highest BCUT2D eigenvalue weighted by molar-refractivity contribution is 5.94. The number of anilines is 1. The van der Waals surface area contributed by atoms with Gasteiger partial charge in [-0.1, -0.05) is 13.8 Å². The summed E-state index contributed by atoms with van der Waals surface area (Å²) in [5.74, 6) is 0.0619. The zero-order chi connectivity index (χ0) is 16.3. The molecule has 116 valence electrons. The number of hydrogen-bond donors (Lipinski definition) is 1. The van der Waals surface area contributed by atoms with E-state index in [9.17, 15) is 9.59 Å². The summed E-state index contributed by atoms with van der Waals surface area (Å²) < 4.78 is 4.55. The number of Topliss-reactive ketones (excluding diaryl/α,β-unsaturated/α-hetero) is 1. The lowest BCUT2D eigenvalue weighted by atomic mass is 9.91. The fourth-order valence-electron chi connectivity index (χ4n) is 1.88. The molecule has 1 N–H and O–H groups in total. The summed E-state index contributed by atoms with van der Waals surface area (Å²) in [7, 11) is 0. The van der Waals surface area contributed by atoms with Gasteiger partial charge in [0.1, 0.15) is 5.60 Å². The van der Waals surface area contributed by atoms with E-state index in [2.05, 4.69) is 28.9 Å². The largest absolute Gasteiger partial charge is 0.462 e. The molecule has 0 saturated carbocycles. The second kappa shape index (κ2) is 6.24. The van der Waals surface area contributed by atoms with Crippen LogP contribution in [0.25, 0.3) is 0 Å². The van der Waals surface area contributed by atoms with Gasteiger partial charge < -0.3 is 10.1 Å². The van der Waals surface area contributed by atoms with Crippen molar-refractivity contribution in [1.29, 1.82) is 0 Å². The zero-order valence-electron chi connectivity index (χ0n) is 13.6. The van der Waals surface area contributed by atoms with Crippen molar-refractivity contribution in [1.82, 2.24) is 4.98 Å². The Labute approximate surface area is 126 Å². The number of nitrogens with one attached hydrogen (secondary N) is 1. The van der Waals surface area contributed by atoms with Crippen LogP contribution in [-0.4, -0.2) is 29.4 Å². The maximum Gasteiger partial charge on any atom is 0.293 e. The summed E-state index contributed by atoms with van der Waals surface area (Å²) in [5, 5.41) is 3.27. The van der Waals surface area contributed by atoms with Gasteiger partial charge in [0, 0.05) is 23.7 Å². The summed E-state index contributed by atoms with van der Waals surface area (Å²) in [5.41, 5.74) is 2.49. The standard InChI is InChI=1S/C11H14N2O.C5H10O2/c1-7(14)8-4-9-10(12-5-8)11(2,3)6-13-9;1-5(2,3)7-4-6/h4-5,13H,6H2,1-3H3;4H,1-3H3. The minimum atomic E-state index is -0.318. The van der Waals surface area contributed by atoms with Gasteiger partial charge in [0.05, 0.1) is 11.4 Å². The van der Waals surface area contributed by atoms with Gasteiger partial charge >= 0.3 is 0 Å². The molecule has 2 heterocycles.